The number of alkyl halides is 3. The highest BCUT2D eigenvalue weighted by Gasteiger charge is 2.34. The van der Waals surface area contributed by atoms with Crippen LogP contribution >= 0.6 is 0 Å². The van der Waals surface area contributed by atoms with E-state index in [4.69, 9.17) is 4.74 Å². The van der Waals surface area contributed by atoms with Gasteiger partial charge in [0.25, 0.3) is 0 Å². The van der Waals surface area contributed by atoms with Crippen LogP contribution in [0.1, 0.15) is 24.5 Å². The predicted molar refractivity (Wildman–Crippen MR) is 96.0 cm³/mol. The summed E-state index contributed by atoms with van der Waals surface area (Å²) in [6, 6.07) is 7.88. The van der Waals surface area contributed by atoms with Crippen molar-refractivity contribution < 1.29 is 17.9 Å². The lowest BCUT2D eigenvalue weighted by atomic mass is 10.1. The van der Waals surface area contributed by atoms with Crippen molar-refractivity contribution in [2.45, 2.75) is 38.7 Å². The zero-order valence-electron chi connectivity index (χ0n) is 15.3. The molecule has 2 rings (SSSR count). The molecular formula is C18H27F3N4O. The van der Waals surface area contributed by atoms with Gasteiger partial charge in [-0.05, 0) is 24.5 Å². The molecule has 0 bridgehead atoms. The smallest absolute Gasteiger partial charge is 0.380 e. The highest BCUT2D eigenvalue weighted by Crippen LogP contribution is 2.20. The maximum Gasteiger partial charge on any atom is 0.401 e. The molecule has 146 valence electrons. The number of hydrogen-bond acceptors (Lipinski definition) is 3. The van der Waals surface area contributed by atoms with Gasteiger partial charge in [-0.2, -0.15) is 13.2 Å². The van der Waals surface area contributed by atoms with Gasteiger partial charge in [0.2, 0.25) is 0 Å². The van der Waals surface area contributed by atoms with Gasteiger partial charge in [0, 0.05) is 32.8 Å². The summed E-state index contributed by atoms with van der Waals surface area (Å²) in [7, 11) is 1.65. The molecule has 1 aliphatic rings. The zero-order valence-corrected chi connectivity index (χ0v) is 15.3. The maximum atomic E-state index is 12.5. The van der Waals surface area contributed by atoms with E-state index < -0.39 is 12.7 Å². The molecule has 1 fully saturated rings. The van der Waals surface area contributed by atoms with Crippen LogP contribution < -0.4 is 10.6 Å². The first kappa shape index (κ1) is 20.5. The number of halogens is 3. The molecule has 1 aliphatic heterocycles. The average molecular weight is 372 g/mol. The lowest BCUT2D eigenvalue weighted by Crippen LogP contribution is -2.45. The van der Waals surface area contributed by atoms with E-state index in [1.165, 1.54) is 4.90 Å². The Morgan fingerprint density at radius 1 is 1.31 bits per heavy atom. The van der Waals surface area contributed by atoms with E-state index in [-0.39, 0.29) is 6.04 Å². The number of benzene rings is 1. The molecule has 1 atom stereocenters. The topological polar surface area (TPSA) is 48.9 Å². The van der Waals surface area contributed by atoms with Crippen LogP contribution in [0.25, 0.3) is 0 Å². The Balaban J connectivity index is 1.95. The van der Waals surface area contributed by atoms with E-state index in [0.29, 0.717) is 45.2 Å². The molecule has 1 aromatic rings. The number of methoxy groups -OCH3 is 1. The molecule has 0 saturated carbocycles. The Bertz CT molecular complexity index is 592. The van der Waals surface area contributed by atoms with Gasteiger partial charge in [0.15, 0.2) is 5.96 Å². The first-order valence-corrected chi connectivity index (χ1v) is 8.81. The van der Waals surface area contributed by atoms with Gasteiger partial charge < -0.3 is 15.4 Å². The standard InChI is InChI=1S/C18H27F3N4O/c1-3-22-17(23-10-14-6-4-5-7-15(14)12-26-2)24-16-8-9-25(11-16)13-18(19,20)21/h4-7,16H,3,8-13H2,1-2H3,(H2,22,23,24). The summed E-state index contributed by atoms with van der Waals surface area (Å²) in [5, 5.41) is 6.41. The minimum Gasteiger partial charge on any atom is -0.380 e. The molecule has 0 spiro atoms. The predicted octanol–water partition coefficient (Wildman–Crippen LogP) is 2.52. The van der Waals surface area contributed by atoms with E-state index in [1.54, 1.807) is 7.11 Å². The number of nitrogens with zero attached hydrogens (tertiary/aromatic N) is 2. The van der Waals surface area contributed by atoms with Gasteiger partial charge in [-0.1, -0.05) is 24.3 Å². The molecule has 0 aliphatic carbocycles. The number of likely N-dealkylation sites (tertiary alicyclic amines) is 1. The van der Waals surface area contributed by atoms with Gasteiger partial charge in [-0.15, -0.1) is 0 Å². The fourth-order valence-electron chi connectivity index (χ4n) is 3.03. The van der Waals surface area contributed by atoms with Gasteiger partial charge in [0.1, 0.15) is 0 Å². The van der Waals surface area contributed by atoms with E-state index in [0.717, 1.165) is 11.1 Å². The fourth-order valence-corrected chi connectivity index (χ4v) is 3.03. The largest absolute Gasteiger partial charge is 0.401 e. The Morgan fingerprint density at radius 2 is 2.04 bits per heavy atom. The third-order valence-electron chi connectivity index (χ3n) is 4.19. The summed E-state index contributed by atoms with van der Waals surface area (Å²) < 4.78 is 42.8. The quantitative estimate of drug-likeness (QED) is 0.570. The van der Waals surface area contributed by atoms with Crippen molar-refractivity contribution in [2.75, 3.05) is 33.3 Å². The summed E-state index contributed by atoms with van der Waals surface area (Å²) in [5.74, 6) is 0.624. The van der Waals surface area contributed by atoms with Gasteiger partial charge >= 0.3 is 6.18 Å². The molecule has 1 aromatic carbocycles. The second kappa shape index (κ2) is 9.78. The molecule has 26 heavy (non-hydrogen) atoms. The Hall–Kier alpha value is -1.80. The van der Waals surface area contributed by atoms with Crippen LogP contribution in [0.5, 0.6) is 0 Å². The van der Waals surface area contributed by atoms with Gasteiger partial charge in [0.05, 0.1) is 19.7 Å². The lowest BCUT2D eigenvalue weighted by Gasteiger charge is -2.20. The SMILES string of the molecule is CCNC(=NCc1ccccc1COC)NC1CCN(CC(F)(F)F)C1. The minimum absolute atomic E-state index is 0.0376. The molecule has 0 amide bonds. The third kappa shape index (κ3) is 6.84. The molecule has 8 heteroatoms. The van der Waals surface area contributed by atoms with Crippen molar-refractivity contribution in [1.29, 1.82) is 0 Å². The number of nitrogens with one attached hydrogen (secondary N) is 2. The van der Waals surface area contributed by atoms with Crippen LogP contribution in [-0.2, 0) is 17.9 Å². The number of ether oxygens (including phenoxy) is 1. The Kier molecular flexibility index (Phi) is 7.71. The Labute approximate surface area is 152 Å². The molecule has 1 unspecified atom stereocenters. The summed E-state index contributed by atoms with van der Waals surface area (Å²) in [6.07, 6.45) is -3.49. The second-order valence-corrected chi connectivity index (χ2v) is 6.38. The van der Waals surface area contributed by atoms with Crippen LogP contribution in [0.15, 0.2) is 29.3 Å². The molecule has 1 heterocycles. The van der Waals surface area contributed by atoms with Crippen molar-refractivity contribution in [3.8, 4) is 0 Å². The normalized spacial score (nSPS) is 19.0. The van der Waals surface area contributed by atoms with Crippen LogP contribution in [0.2, 0.25) is 0 Å². The number of hydrogen-bond donors (Lipinski definition) is 2. The maximum absolute atomic E-state index is 12.5. The van der Waals surface area contributed by atoms with Crippen LogP contribution in [0, 0.1) is 0 Å². The van der Waals surface area contributed by atoms with Crippen molar-refractivity contribution in [3.63, 3.8) is 0 Å². The molecule has 0 radical (unpaired) electrons. The summed E-state index contributed by atoms with van der Waals surface area (Å²) in [4.78, 5) is 6.01. The zero-order chi connectivity index (χ0) is 19.0. The van der Waals surface area contributed by atoms with Gasteiger partial charge in [-0.25, -0.2) is 4.99 Å². The minimum atomic E-state index is -4.15. The number of aliphatic imine (C=N–C) groups is 1. The molecule has 1 saturated heterocycles. The first-order valence-electron chi connectivity index (χ1n) is 8.81. The number of rotatable bonds is 7. The second-order valence-electron chi connectivity index (χ2n) is 6.38. The van der Waals surface area contributed by atoms with E-state index >= 15 is 0 Å². The molecule has 0 aromatic heterocycles. The van der Waals surface area contributed by atoms with E-state index in [9.17, 15) is 13.2 Å². The van der Waals surface area contributed by atoms with Crippen molar-refractivity contribution in [1.82, 2.24) is 15.5 Å². The molecule has 5 nitrogen and oxygen atoms in total. The van der Waals surface area contributed by atoms with E-state index in [1.807, 2.05) is 31.2 Å². The average Bonchev–Trinajstić information content (AvgIpc) is 2.99. The molecular weight excluding hydrogens is 345 g/mol. The van der Waals surface area contributed by atoms with Crippen LogP contribution in [-0.4, -0.2) is 56.4 Å². The summed E-state index contributed by atoms with van der Waals surface area (Å²) >= 11 is 0. The van der Waals surface area contributed by atoms with Crippen molar-refractivity contribution in [3.05, 3.63) is 35.4 Å². The van der Waals surface area contributed by atoms with E-state index in [2.05, 4.69) is 15.6 Å². The third-order valence-corrected chi connectivity index (χ3v) is 4.19. The summed E-state index contributed by atoms with van der Waals surface area (Å²) in [5.41, 5.74) is 2.14. The summed E-state index contributed by atoms with van der Waals surface area (Å²) in [6.45, 7) is 3.59. The lowest BCUT2D eigenvalue weighted by molar-refractivity contribution is -0.143. The first-order chi connectivity index (χ1) is 12.4. The monoisotopic (exact) mass is 372 g/mol. The Morgan fingerprint density at radius 3 is 2.69 bits per heavy atom. The highest BCUT2D eigenvalue weighted by atomic mass is 19.4. The molecule has 2 N–H and O–H groups in total. The number of guanidine groups is 1. The van der Waals surface area contributed by atoms with Crippen LogP contribution in [0.3, 0.4) is 0 Å². The van der Waals surface area contributed by atoms with Crippen molar-refractivity contribution in [2.24, 2.45) is 4.99 Å². The highest BCUT2D eigenvalue weighted by molar-refractivity contribution is 5.80. The van der Waals surface area contributed by atoms with Gasteiger partial charge in [-0.3, -0.25) is 4.90 Å². The van der Waals surface area contributed by atoms with Crippen molar-refractivity contribution >= 4 is 5.96 Å². The van der Waals surface area contributed by atoms with Crippen LogP contribution in [0.4, 0.5) is 13.2 Å². The fraction of sp³-hybridized carbons (Fsp3) is 0.611.